The molecule has 1 saturated heterocycles. The second-order valence-corrected chi connectivity index (χ2v) is 35.3. The van der Waals surface area contributed by atoms with E-state index in [4.69, 9.17) is 27.8 Å². The SMILES string of the molecule is COC(=O)CN(CCNC(=O)CN(CCNC(=O)OC(C)(C)C)C(=O)Cn1cc(C)c(=O)[nH]c1=O)C(=O)Cn1cnc2c(NC(O)OCc3ccc(C#Cc4cn([C@H]5CC(O[Si](C)(C)C(C)(C)C)[C@@H](CO[Si](C)(C)C(C)(C)C)O5)c(=O)[nH]c4=O)cc3)ncnc21. The molecule has 29 nitrogen and oxygen atoms in total. The van der Waals surface area contributed by atoms with Crippen molar-refractivity contribution in [3.05, 3.63) is 113 Å². The van der Waals surface area contributed by atoms with Gasteiger partial charge in [-0.15, -0.1) is 0 Å². The second-order valence-electron chi connectivity index (χ2n) is 25.8. The Kier molecular flexibility index (Phi) is 23.4. The van der Waals surface area contributed by atoms with Gasteiger partial charge in [0, 0.05) is 56.1 Å². The van der Waals surface area contributed by atoms with Crippen molar-refractivity contribution in [1.82, 2.24) is 59.1 Å². The van der Waals surface area contributed by atoms with Crippen LogP contribution in [0.25, 0.3) is 11.2 Å². The van der Waals surface area contributed by atoms with Crippen LogP contribution in [0.4, 0.5) is 10.6 Å². The molecule has 1 aliphatic heterocycles. The van der Waals surface area contributed by atoms with Crippen LogP contribution < -0.4 is 38.4 Å². The van der Waals surface area contributed by atoms with Gasteiger partial charge in [-0.25, -0.2) is 29.3 Å². The zero-order valence-corrected chi connectivity index (χ0v) is 55.9. The van der Waals surface area contributed by atoms with Gasteiger partial charge in [0.15, 0.2) is 33.6 Å². The zero-order chi connectivity index (χ0) is 66.7. The molecule has 90 heavy (non-hydrogen) atoms. The summed E-state index contributed by atoms with van der Waals surface area (Å²) in [4.78, 5) is 136. The molecule has 490 valence electrons. The maximum absolute atomic E-state index is 13.8. The quantitative estimate of drug-likeness (QED) is 0.0212. The third-order valence-electron chi connectivity index (χ3n) is 15.6. The molecule has 5 aromatic rings. The van der Waals surface area contributed by atoms with Crippen molar-refractivity contribution < 1.29 is 56.9 Å². The number of nitrogens with one attached hydrogen (secondary N) is 5. The summed E-state index contributed by atoms with van der Waals surface area (Å²) in [6.45, 7) is 25.7. The minimum atomic E-state index is -2.28. The number of hydrogen-bond acceptors (Lipinski definition) is 20. The molecule has 4 amide bonds. The number of nitrogens with zero attached hydrogens (tertiary/aromatic N) is 8. The van der Waals surface area contributed by atoms with Crippen LogP contribution in [0.5, 0.6) is 0 Å². The van der Waals surface area contributed by atoms with E-state index in [1.54, 1.807) is 45.0 Å². The predicted octanol–water partition coefficient (Wildman–Crippen LogP) is 3.01. The molecular formula is C59H85N13O16Si2. The van der Waals surface area contributed by atoms with E-state index in [0.29, 0.717) is 24.2 Å². The first kappa shape index (κ1) is 71.0. The molecule has 1 fully saturated rings. The van der Waals surface area contributed by atoms with E-state index < -0.39 is 119 Å². The topological polar surface area (TPSA) is 357 Å². The van der Waals surface area contributed by atoms with Gasteiger partial charge in [-0.05, 0) is 81.7 Å². The molecule has 2 unspecified atom stereocenters. The lowest BCUT2D eigenvalue weighted by Gasteiger charge is -2.40. The maximum Gasteiger partial charge on any atom is 0.407 e. The monoisotopic (exact) mass is 1290 g/mol. The fourth-order valence-corrected chi connectivity index (χ4v) is 10.8. The van der Waals surface area contributed by atoms with Gasteiger partial charge in [-0.1, -0.05) is 65.5 Å². The summed E-state index contributed by atoms with van der Waals surface area (Å²) in [5.41, 5.74) is -1.82. The molecule has 0 bridgehead atoms. The molecule has 0 spiro atoms. The largest absolute Gasteiger partial charge is 0.468 e. The minimum Gasteiger partial charge on any atom is -0.468 e. The number of aliphatic hydroxyl groups is 1. The van der Waals surface area contributed by atoms with Crippen LogP contribution in [-0.2, 0) is 66.7 Å². The van der Waals surface area contributed by atoms with Crippen molar-refractivity contribution >= 4 is 63.4 Å². The standard InChI is InChI=1S/C59H85N13O16Si2/c1-37-27-70(53(79)66-51(37)77)30-44(74)68(25-23-61-55(81)87-57(2,3)4)29-43(73)60-22-24-69(32-47(76)83-11)45(75)31-71-36-64-48-49(62-35-63-50(48)71)65-56(82)84-33-39-18-16-38(17-19-39)20-21-40-28-72(54(80)67-52(40)78)46-26-41(88-90(14,15)59(8,9)10)42(86-46)34-85-89(12,13)58(5,6)7/h16-19,27-28,35-36,41-42,46,56,82H,22-26,29-34H2,1-15H3,(H,60,73)(H,61,81)(H,62,63,65)(H,66,77,79)(H,67,78,80)/t41?,42-,46-,56?/m1/s1. The van der Waals surface area contributed by atoms with Crippen molar-refractivity contribution in [2.45, 2.75) is 162 Å². The predicted molar refractivity (Wildman–Crippen MR) is 336 cm³/mol. The van der Waals surface area contributed by atoms with Crippen LogP contribution in [0.1, 0.15) is 97.2 Å². The molecule has 1 aliphatic rings. The zero-order valence-electron chi connectivity index (χ0n) is 53.9. The van der Waals surface area contributed by atoms with Gasteiger partial charge in [0.05, 0.1) is 39.3 Å². The summed E-state index contributed by atoms with van der Waals surface area (Å²) in [5, 5.41) is 18.7. The van der Waals surface area contributed by atoms with Crippen molar-refractivity contribution in [2.24, 2.45) is 0 Å². The molecule has 0 radical (unpaired) electrons. The third kappa shape index (κ3) is 19.7. The summed E-state index contributed by atoms with van der Waals surface area (Å²) in [6, 6.07) is 6.86. The van der Waals surface area contributed by atoms with E-state index in [9.17, 15) is 48.3 Å². The highest BCUT2D eigenvalue weighted by atomic mass is 28.4. The van der Waals surface area contributed by atoms with E-state index in [1.165, 1.54) is 41.1 Å². The highest BCUT2D eigenvalue weighted by Gasteiger charge is 2.47. The van der Waals surface area contributed by atoms with Crippen molar-refractivity contribution in [2.75, 3.05) is 58.3 Å². The number of imidazole rings is 1. The molecule has 6 rings (SSSR count). The number of H-pyrrole nitrogens is 2. The fourth-order valence-electron chi connectivity index (χ4n) is 8.45. The summed E-state index contributed by atoms with van der Waals surface area (Å²) in [7, 11) is -3.30. The number of hydrogen-bond donors (Lipinski definition) is 6. The number of fused-ring (bicyclic) bond motifs is 1. The number of alkyl carbamates (subject to hydrolysis) is 1. The van der Waals surface area contributed by atoms with Gasteiger partial charge in [0.1, 0.15) is 49.5 Å². The van der Waals surface area contributed by atoms with Crippen molar-refractivity contribution in [3.63, 3.8) is 0 Å². The van der Waals surface area contributed by atoms with Crippen molar-refractivity contribution in [1.29, 1.82) is 0 Å². The van der Waals surface area contributed by atoms with Crippen molar-refractivity contribution in [3.8, 4) is 11.8 Å². The number of ether oxygens (including phenoxy) is 4. The summed E-state index contributed by atoms with van der Waals surface area (Å²) >= 11 is 0. The van der Waals surface area contributed by atoms with Crippen LogP contribution in [0.15, 0.2) is 68.5 Å². The summed E-state index contributed by atoms with van der Waals surface area (Å²) < 4.78 is 39.5. The van der Waals surface area contributed by atoms with Crippen LogP contribution in [0, 0.1) is 18.8 Å². The first-order chi connectivity index (χ1) is 41.9. The number of esters is 1. The molecule has 5 heterocycles. The molecule has 0 saturated carbocycles. The third-order valence-corrected chi connectivity index (χ3v) is 24.6. The average molecular weight is 1290 g/mol. The number of aliphatic hydroxyl groups excluding tert-OH is 1. The summed E-state index contributed by atoms with van der Waals surface area (Å²) in [6.07, 6.45) is 1.55. The molecule has 1 aromatic carbocycles. The van der Waals surface area contributed by atoms with E-state index in [0.717, 1.165) is 21.5 Å². The normalized spacial score (nSPS) is 15.8. The van der Waals surface area contributed by atoms with Gasteiger partial charge in [0.25, 0.3) is 11.1 Å². The lowest BCUT2D eigenvalue weighted by atomic mass is 10.1. The van der Waals surface area contributed by atoms with Gasteiger partial charge in [0.2, 0.25) is 24.1 Å². The number of amides is 4. The number of rotatable bonds is 25. The molecule has 4 aromatic heterocycles. The van der Waals surface area contributed by atoms with Gasteiger partial charge in [-0.3, -0.25) is 47.9 Å². The average Bonchev–Trinajstić information content (AvgIpc) is 1.72. The molecule has 0 aliphatic carbocycles. The Hall–Kier alpha value is -8.13. The number of aryl methyl sites for hydroxylation is 1. The molecule has 31 heteroatoms. The Morgan fingerprint density at radius 3 is 2.06 bits per heavy atom. The Balaban J connectivity index is 1.05. The second kappa shape index (κ2) is 29.7. The van der Waals surface area contributed by atoms with Crippen LogP contribution >= 0.6 is 0 Å². The first-order valence-electron chi connectivity index (χ1n) is 29.3. The smallest absolute Gasteiger partial charge is 0.407 e. The number of carbonyl (C=O) groups excluding carboxylic acids is 5. The fraction of sp³-hybridized carbons (Fsp3) is 0.559. The number of carbonyl (C=O) groups is 5. The van der Waals surface area contributed by atoms with E-state index in [1.807, 2.05) is 0 Å². The lowest BCUT2D eigenvalue weighted by Crippen LogP contribution is -2.48. The first-order valence-corrected chi connectivity index (χ1v) is 35.1. The van der Waals surface area contributed by atoms with E-state index in [-0.39, 0.29) is 77.1 Å². The molecule has 4 atom stereocenters. The molecule has 6 N–H and O–H groups in total. The van der Waals surface area contributed by atoms with Crippen LogP contribution in [-0.4, -0.2) is 177 Å². The van der Waals surface area contributed by atoms with Crippen LogP contribution in [0.2, 0.25) is 36.3 Å². The Bertz CT molecular complexity index is 3700. The highest BCUT2D eigenvalue weighted by Crippen LogP contribution is 2.42. The van der Waals surface area contributed by atoms with Gasteiger partial charge < -0.3 is 63.2 Å². The van der Waals surface area contributed by atoms with E-state index >= 15 is 0 Å². The minimum absolute atomic E-state index is 0.0340. The number of aromatic amines is 2. The Labute approximate surface area is 522 Å². The number of anilines is 1. The number of methoxy groups -OCH3 is 1. The van der Waals surface area contributed by atoms with Gasteiger partial charge >= 0.3 is 23.4 Å². The highest BCUT2D eigenvalue weighted by molar-refractivity contribution is 6.74. The summed E-state index contributed by atoms with van der Waals surface area (Å²) in [5.74, 6) is 3.19. The van der Waals surface area contributed by atoms with E-state index in [2.05, 4.69) is 120 Å². The number of benzene rings is 1. The maximum atomic E-state index is 13.8. The van der Waals surface area contributed by atoms with Gasteiger partial charge in [-0.2, -0.15) is 0 Å². The molecular weight excluding hydrogens is 1200 g/mol. The Morgan fingerprint density at radius 1 is 0.800 bits per heavy atom. The lowest BCUT2D eigenvalue weighted by molar-refractivity contribution is -0.147. The van der Waals surface area contributed by atoms with Crippen LogP contribution in [0.3, 0.4) is 0 Å². The number of aromatic nitrogens is 8. The Morgan fingerprint density at radius 2 is 1.42 bits per heavy atom.